The topological polar surface area (TPSA) is 111 Å². The number of para-hydroxylation sites is 1. The summed E-state index contributed by atoms with van der Waals surface area (Å²) in [6.07, 6.45) is 6.77. The maximum atomic E-state index is 14.0. The van der Waals surface area contributed by atoms with Gasteiger partial charge in [0.2, 0.25) is 5.82 Å². The zero-order valence-corrected chi connectivity index (χ0v) is 26.0. The summed E-state index contributed by atoms with van der Waals surface area (Å²) in [4.78, 5) is 38.4. The SMILES string of the molecule is Cc1cc(-c2ncccc2-c2ccc3cnc(C(=O)OC[C@H](Cc4c[nH]c5ccccc45)NC(=O)OC(C)(C)C)n3c2)ccc1F. The summed E-state index contributed by atoms with van der Waals surface area (Å²) in [5, 5.41) is 3.88. The number of pyridine rings is 2. The number of nitrogens with zero attached hydrogens (tertiary/aromatic N) is 3. The number of rotatable bonds is 8. The summed E-state index contributed by atoms with van der Waals surface area (Å²) in [5.41, 5.74) is 5.51. The fourth-order valence-corrected chi connectivity index (χ4v) is 5.39. The third-order valence-corrected chi connectivity index (χ3v) is 7.54. The molecule has 0 spiro atoms. The van der Waals surface area contributed by atoms with E-state index in [1.807, 2.05) is 54.7 Å². The number of nitrogens with one attached hydrogen (secondary N) is 2. The molecule has 0 saturated heterocycles. The standard InChI is InChI=1S/C36H34FN5O4/c1-22-16-23(12-14-30(22)37)32-29(9-7-15-38-32)24-11-13-27-19-40-33(42(27)20-24)34(43)45-21-26(41-35(44)46-36(2,3)4)17-25-18-39-31-10-6-5-8-28(25)31/h5-16,18-20,26,39H,17,21H2,1-4H3,(H,41,44)/t26-/m0/s1. The zero-order valence-electron chi connectivity index (χ0n) is 26.0. The van der Waals surface area contributed by atoms with E-state index in [1.165, 1.54) is 6.07 Å². The van der Waals surface area contributed by atoms with Crippen molar-refractivity contribution in [3.8, 4) is 22.4 Å². The fourth-order valence-electron chi connectivity index (χ4n) is 5.39. The quantitative estimate of drug-likeness (QED) is 0.173. The molecule has 0 bridgehead atoms. The monoisotopic (exact) mass is 619 g/mol. The molecule has 10 heteroatoms. The molecule has 2 N–H and O–H groups in total. The average Bonchev–Trinajstić information content (AvgIpc) is 3.64. The number of halogens is 1. The van der Waals surface area contributed by atoms with Crippen LogP contribution in [0.25, 0.3) is 38.8 Å². The van der Waals surface area contributed by atoms with Crippen molar-refractivity contribution in [2.75, 3.05) is 6.61 Å². The maximum absolute atomic E-state index is 14.0. The molecule has 1 atom stereocenters. The van der Waals surface area contributed by atoms with Crippen LogP contribution < -0.4 is 5.32 Å². The molecule has 0 fully saturated rings. The third-order valence-electron chi connectivity index (χ3n) is 7.54. The third kappa shape index (κ3) is 6.61. The van der Waals surface area contributed by atoms with Crippen molar-refractivity contribution in [2.45, 2.75) is 45.8 Å². The molecule has 46 heavy (non-hydrogen) atoms. The number of fused-ring (bicyclic) bond motifs is 2. The summed E-state index contributed by atoms with van der Waals surface area (Å²) in [7, 11) is 0. The Morgan fingerprint density at radius 2 is 1.83 bits per heavy atom. The molecule has 0 radical (unpaired) electrons. The number of esters is 1. The molecule has 0 aliphatic rings. The normalized spacial score (nSPS) is 12.3. The predicted molar refractivity (Wildman–Crippen MR) is 174 cm³/mol. The van der Waals surface area contributed by atoms with Gasteiger partial charge in [-0.15, -0.1) is 0 Å². The van der Waals surface area contributed by atoms with Crippen molar-refractivity contribution in [1.82, 2.24) is 24.7 Å². The van der Waals surface area contributed by atoms with Crippen LogP contribution in [0, 0.1) is 12.7 Å². The number of hydrogen-bond donors (Lipinski definition) is 2. The average molecular weight is 620 g/mol. The van der Waals surface area contributed by atoms with Gasteiger partial charge in [0.25, 0.3) is 0 Å². The van der Waals surface area contributed by atoms with Gasteiger partial charge in [-0.25, -0.2) is 19.0 Å². The Morgan fingerprint density at radius 1 is 1.02 bits per heavy atom. The summed E-state index contributed by atoms with van der Waals surface area (Å²) >= 11 is 0. The van der Waals surface area contributed by atoms with Crippen LogP contribution in [0.4, 0.5) is 9.18 Å². The van der Waals surface area contributed by atoms with Crippen molar-refractivity contribution in [1.29, 1.82) is 0 Å². The predicted octanol–water partition coefficient (Wildman–Crippen LogP) is 7.28. The van der Waals surface area contributed by atoms with Gasteiger partial charge >= 0.3 is 12.1 Å². The molecule has 234 valence electrons. The van der Waals surface area contributed by atoms with Gasteiger partial charge in [0.1, 0.15) is 18.0 Å². The van der Waals surface area contributed by atoms with Crippen molar-refractivity contribution in [2.24, 2.45) is 0 Å². The largest absolute Gasteiger partial charge is 0.458 e. The van der Waals surface area contributed by atoms with E-state index in [0.717, 1.165) is 33.2 Å². The minimum Gasteiger partial charge on any atom is -0.458 e. The Bertz CT molecular complexity index is 2060. The first-order valence-electron chi connectivity index (χ1n) is 15.0. The molecule has 1 amide bonds. The first-order valence-corrected chi connectivity index (χ1v) is 15.0. The first kappa shape index (κ1) is 30.5. The number of aromatic nitrogens is 4. The van der Waals surface area contributed by atoms with Gasteiger partial charge in [-0.2, -0.15) is 0 Å². The minimum atomic E-state index is -0.692. The second-order valence-electron chi connectivity index (χ2n) is 12.2. The molecule has 6 aromatic rings. The van der Waals surface area contributed by atoms with Crippen LogP contribution in [0.1, 0.15) is 42.5 Å². The van der Waals surface area contributed by atoms with E-state index < -0.39 is 23.7 Å². The minimum absolute atomic E-state index is 0.0861. The van der Waals surface area contributed by atoms with Gasteiger partial charge in [-0.05, 0) is 81.6 Å². The second kappa shape index (κ2) is 12.5. The van der Waals surface area contributed by atoms with Crippen LogP contribution in [0.15, 0.2) is 91.5 Å². The Balaban J connectivity index is 1.25. The lowest BCUT2D eigenvalue weighted by molar-refractivity contribution is 0.0361. The Hall–Kier alpha value is -5.51. The van der Waals surface area contributed by atoms with Crippen LogP contribution in [-0.4, -0.2) is 49.7 Å². The highest BCUT2D eigenvalue weighted by molar-refractivity contribution is 5.88. The number of carbonyl (C=O) groups excluding carboxylic acids is 2. The van der Waals surface area contributed by atoms with Gasteiger partial charge in [0, 0.05) is 46.2 Å². The highest BCUT2D eigenvalue weighted by Crippen LogP contribution is 2.31. The number of H-pyrrole nitrogens is 1. The zero-order chi connectivity index (χ0) is 32.4. The van der Waals surface area contributed by atoms with Crippen molar-refractivity contribution in [3.05, 3.63) is 114 Å². The van der Waals surface area contributed by atoms with Gasteiger partial charge in [-0.3, -0.25) is 9.38 Å². The molecular formula is C36H34FN5O4. The van der Waals surface area contributed by atoms with Gasteiger partial charge in [0.05, 0.1) is 23.4 Å². The lowest BCUT2D eigenvalue weighted by Crippen LogP contribution is -2.43. The first-order chi connectivity index (χ1) is 22.1. The molecule has 0 aliphatic carbocycles. The number of benzene rings is 2. The summed E-state index contributed by atoms with van der Waals surface area (Å²) in [6, 6.07) is 19.7. The van der Waals surface area contributed by atoms with E-state index in [0.29, 0.717) is 23.2 Å². The van der Waals surface area contributed by atoms with Gasteiger partial charge in [0.15, 0.2) is 0 Å². The number of alkyl carbamates (subject to hydrolysis) is 1. The number of ether oxygens (including phenoxy) is 2. The van der Waals surface area contributed by atoms with E-state index in [4.69, 9.17) is 9.47 Å². The molecule has 0 saturated carbocycles. The molecular weight excluding hydrogens is 585 g/mol. The Labute approximate surface area is 265 Å². The molecule has 4 aromatic heterocycles. The van der Waals surface area contributed by atoms with E-state index in [-0.39, 0.29) is 18.2 Å². The summed E-state index contributed by atoms with van der Waals surface area (Å²) in [5.74, 6) is -0.843. The van der Waals surface area contributed by atoms with Crippen molar-refractivity contribution in [3.63, 3.8) is 0 Å². The lowest BCUT2D eigenvalue weighted by atomic mass is 9.99. The highest BCUT2D eigenvalue weighted by Gasteiger charge is 2.24. The second-order valence-corrected chi connectivity index (χ2v) is 12.2. The lowest BCUT2D eigenvalue weighted by Gasteiger charge is -2.23. The van der Waals surface area contributed by atoms with Crippen molar-refractivity contribution < 1.29 is 23.5 Å². The Morgan fingerprint density at radius 3 is 2.63 bits per heavy atom. The molecule has 0 aliphatic heterocycles. The van der Waals surface area contributed by atoms with E-state index in [2.05, 4.69) is 20.3 Å². The smallest absolute Gasteiger partial charge is 0.408 e. The number of aryl methyl sites for hydroxylation is 1. The summed E-state index contributed by atoms with van der Waals surface area (Å²) in [6.45, 7) is 6.96. The van der Waals surface area contributed by atoms with Crippen LogP contribution >= 0.6 is 0 Å². The molecule has 9 nitrogen and oxygen atoms in total. The van der Waals surface area contributed by atoms with Gasteiger partial charge in [-0.1, -0.05) is 30.3 Å². The van der Waals surface area contributed by atoms with Crippen LogP contribution in [0.5, 0.6) is 0 Å². The fraction of sp³-hybridized carbons (Fsp3) is 0.222. The maximum Gasteiger partial charge on any atom is 0.408 e. The van der Waals surface area contributed by atoms with Crippen molar-refractivity contribution >= 4 is 28.5 Å². The molecule has 4 heterocycles. The van der Waals surface area contributed by atoms with Crippen LogP contribution in [-0.2, 0) is 15.9 Å². The van der Waals surface area contributed by atoms with E-state index >= 15 is 0 Å². The molecule has 6 rings (SSSR count). The number of imidazole rings is 1. The molecule has 0 unspecified atom stereocenters. The molecule has 2 aromatic carbocycles. The van der Waals surface area contributed by atoms with Gasteiger partial charge < -0.3 is 19.8 Å². The number of hydrogen-bond acceptors (Lipinski definition) is 6. The van der Waals surface area contributed by atoms with Crippen LogP contribution in [0.2, 0.25) is 0 Å². The number of carbonyl (C=O) groups is 2. The number of amides is 1. The summed E-state index contributed by atoms with van der Waals surface area (Å²) < 4.78 is 26.9. The highest BCUT2D eigenvalue weighted by atomic mass is 19.1. The van der Waals surface area contributed by atoms with Crippen LogP contribution in [0.3, 0.4) is 0 Å². The number of aromatic amines is 1. The van der Waals surface area contributed by atoms with E-state index in [9.17, 15) is 14.0 Å². The van der Waals surface area contributed by atoms with E-state index in [1.54, 1.807) is 62.8 Å². The Kier molecular flexibility index (Phi) is 8.27.